The molecule has 4 aromatic rings. The van der Waals surface area contributed by atoms with Crippen molar-refractivity contribution in [2.24, 2.45) is 0 Å². The predicted octanol–water partition coefficient (Wildman–Crippen LogP) is 4.32. The molecule has 11 nitrogen and oxygen atoms in total. The van der Waals surface area contributed by atoms with E-state index in [-0.39, 0.29) is 18.0 Å². The molecule has 190 valence electrons. The number of pyridine rings is 1. The molecular weight excluding hydrogens is 470 g/mol. The van der Waals surface area contributed by atoms with Crippen LogP contribution in [0.3, 0.4) is 0 Å². The number of nitrogens with one attached hydrogen (secondary N) is 3. The third-order valence-corrected chi connectivity index (χ3v) is 6.89. The molecule has 6 rings (SSSR count). The Morgan fingerprint density at radius 3 is 2.73 bits per heavy atom. The van der Waals surface area contributed by atoms with Gasteiger partial charge in [-0.15, -0.1) is 0 Å². The molecule has 0 radical (unpaired) electrons. The van der Waals surface area contributed by atoms with Crippen molar-refractivity contribution >= 4 is 23.5 Å². The fourth-order valence-corrected chi connectivity index (χ4v) is 5.07. The SMILES string of the molecule is Cc1cc(Nc2cc(C(=O)NC3CCCC3)nc(N3CCCC3c3cc(-c4ccccn4)no3)n2)n[nH]1. The number of aromatic nitrogens is 6. The molecule has 2 aliphatic rings. The van der Waals surface area contributed by atoms with E-state index in [1.54, 1.807) is 12.3 Å². The monoisotopic (exact) mass is 499 g/mol. The fraction of sp³-hybridized carbons (Fsp3) is 0.385. The molecule has 5 heterocycles. The smallest absolute Gasteiger partial charge is 0.270 e. The number of carbonyl (C=O) groups is 1. The van der Waals surface area contributed by atoms with Gasteiger partial charge in [0.2, 0.25) is 5.95 Å². The molecule has 1 atom stereocenters. The molecule has 1 saturated heterocycles. The molecule has 1 unspecified atom stereocenters. The number of amides is 1. The van der Waals surface area contributed by atoms with Gasteiger partial charge in [0.05, 0.1) is 11.7 Å². The third-order valence-electron chi connectivity index (χ3n) is 6.89. The minimum atomic E-state index is -0.190. The average molecular weight is 500 g/mol. The maximum Gasteiger partial charge on any atom is 0.270 e. The summed E-state index contributed by atoms with van der Waals surface area (Å²) in [7, 11) is 0. The first-order valence-corrected chi connectivity index (χ1v) is 12.8. The quantitative estimate of drug-likeness (QED) is 0.339. The first-order chi connectivity index (χ1) is 18.1. The summed E-state index contributed by atoms with van der Waals surface area (Å²) in [5, 5.41) is 17.8. The Morgan fingerprint density at radius 2 is 1.95 bits per heavy atom. The van der Waals surface area contributed by atoms with Gasteiger partial charge < -0.3 is 20.1 Å². The van der Waals surface area contributed by atoms with E-state index in [1.165, 1.54) is 0 Å². The van der Waals surface area contributed by atoms with Crippen LogP contribution in [0.1, 0.15) is 66.5 Å². The standard InChI is InChI=1S/C26H29N9O2/c1-16-13-24(33-32-16)30-23-15-20(25(36)28-17-7-2-3-8-17)29-26(31-23)35-12-6-10-21(35)22-14-19(34-37-22)18-9-4-5-11-27-18/h4-5,9,11,13-15,17,21H,2-3,6-8,10,12H2,1H3,(H,28,36)(H2,29,30,31,32,33). The van der Waals surface area contributed by atoms with Gasteiger partial charge >= 0.3 is 0 Å². The Morgan fingerprint density at radius 1 is 1.05 bits per heavy atom. The summed E-state index contributed by atoms with van der Waals surface area (Å²) in [4.78, 5) is 29.1. The lowest BCUT2D eigenvalue weighted by atomic mass is 10.1. The van der Waals surface area contributed by atoms with Crippen LogP contribution in [0.2, 0.25) is 0 Å². The van der Waals surface area contributed by atoms with Crippen molar-refractivity contribution in [3.8, 4) is 11.4 Å². The first kappa shape index (κ1) is 23.1. The molecule has 1 aliphatic carbocycles. The highest BCUT2D eigenvalue weighted by atomic mass is 16.5. The van der Waals surface area contributed by atoms with Gasteiger partial charge in [-0.1, -0.05) is 24.1 Å². The van der Waals surface area contributed by atoms with Crippen LogP contribution in [0.25, 0.3) is 11.4 Å². The van der Waals surface area contributed by atoms with Crippen molar-refractivity contribution in [3.05, 3.63) is 59.7 Å². The second-order valence-electron chi connectivity index (χ2n) is 9.64. The summed E-state index contributed by atoms with van der Waals surface area (Å²) < 4.78 is 5.75. The summed E-state index contributed by atoms with van der Waals surface area (Å²) in [5.74, 6) is 2.12. The molecule has 2 fully saturated rings. The number of anilines is 3. The molecule has 1 amide bonds. The molecule has 0 bridgehead atoms. The van der Waals surface area contributed by atoms with Gasteiger partial charge in [-0.2, -0.15) is 10.1 Å². The Labute approximate surface area is 214 Å². The van der Waals surface area contributed by atoms with Gasteiger partial charge in [-0.25, -0.2) is 4.98 Å². The van der Waals surface area contributed by atoms with Crippen LogP contribution < -0.4 is 15.5 Å². The van der Waals surface area contributed by atoms with Crippen molar-refractivity contribution in [1.82, 2.24) is 35.6 Å². The summed E-state index contributed by atoms with van der Waals surface area (Å²) >= 11 is 0. The maximum atomic E-state index is 13.2. The van der Waals surface area contributed by atoms with Crippen LogP contribution >= 0.6 is 0 Å². The summed E-state index contributed by atoms with van der Waals surface area (Å²) in [6.07, 6.45) is 7.81. The molecule has 1 saturated carbocycles. The number of rotatable bonds is 7. The zero-order valence-corrected chi connectivity index (χ0v) is 20.6. The van der Waals surface area contributed by atoms with Gasteiger partial charge in [0.1, 0.15) is 17.2 Å². The number of hydrogen-bond acceptors (Lipinski definition) is 9. The number of nitrogens with zero attached hydrogens (tertiary/aromatic N) is 6. The lowest BCUT2D eigenvalue weighted by Gasteiger charge is -2.23. The number of aromatic amines is 1. The zero-order chi connectivity index (χ0) is 25.2. The number of hydrogen-bond donors (Lipinski definition) is 3. The largest absolute Gasteiger partial charge is 0.358 e. The van der Waals surface area contributed by atoms with Crippen LogP contribution in [0.4, 0.5) is 17.6 Å². The zero-order valence-electron chi connectivity index (χ0n) is 20.6. The van der Waals surface area contributed by atoms with Gasteiger partial charge in [0, 0.05) is 42.7 Å². The minimum Gasteiger partial charge on any atom is -0.358 e. The van der Waals surface area contributed by atoms with Gasteiger partial charge in [0.15, 0.2) is 11.6 Å². The van der Waals surface area contributed by atoms with Crippen molar-refractivity contribution in [2.45, 2.75) is 57.5 Å². The lowest BCUT2D eigenvalue weighted by molar-refractivity contribution is 0.0932. The van der Waals surface area contributed by atoms with Crippen molar-refractivity contribution in [2.75, 3.05) is 16.8 Å². The number of aryl methyl sites for hydroxylation is 1. The highest BCUT2D eigenvalue weighted by Crippen LogP contribution is 2.36. The van der Waals surface area contributed by atoms with Crippen LogP contribution in [0.5, 0.6) is 0 Å². The molecular formula is C26H29N9O2. The highest BCUT2D eigenvalue weighted by Gasteiger charge is 2.32. The Kier molecular flexibility index (Phi) is 6.25. The van der Waals surface area contributed by atoms with E-state index < -0.39 is 0 Å². The predicted molar refractivity (Wildman–Crippen MR) is 137 cm³/mol. The molecule has 37 heavy (non-hydrogen) atoms. The van der Waals surface area contributed by atoms with E-state index in [0.29, 0.717) is 29.0 Å². The van der Waals surface area contributed by atoms with E-state index in [1.807, 2.05) is 37.3 Å². The molecule has 0 spiro atoms. The highest BCUT2D eigenvalue weighted by molar-refractivity contribution is 5.93. The maximum absolute atomic E-state index is 13.2. The van der Waals surface area contributed by atoms with Crippen LogP contribution in [-0.2, 0) is 0 Å². The van der Waals surface area contributed by atoms with Crippen molar-refractivity contribution in [3.63, 3.8) is 0 Å². The molecule has 0 aromatic carbocycles. The molecule has 11 heteroatoms. The fourth-order valence-electron chi connectivity index (χ4n) is 5.07. The Hall–Kier alpha value is -4.28. The van der Waals surface area contributed by atoms with Gasteiger partial charge in [-0.3, -0.25) is 14.9 Å². The molecule has 4 aromatic heterocycles. The van der Waals surface area contributed by atoms with Gasteiger partial charge in [-0.05, 0) is 44.7 Å². The second-order valence-corrected chi connectivity index (χ2v) is 9.64. The van der Waals surface area contributed by atoms with E-state index >= 15 is 0 Å². The van der Waals surface area contributed by atoms with Crippen molar-refractivity contribution in [1.29, 1.82) is 0 Å². The Balaban J connectivity index is 1.31. The molecule has 1 aliphatic heterocycles. The topological polar surface area (TPSA) is 138 Å². The molecule has 3 N–H and O–H groups in total. The summed E-state index contributed by atoms with van der Waals surface area (Å²) in [6, 6.07) is 11.3. The number of carbonyl (C=O) groups excluding carboxylic acids is 1. The van der Waals surface area contributed by atoms with E-state index in [4.69, 9.17) is 14.5 Å². The van der Waals surface area contributed by atoms with E-state index in [0.717, 1.165) is 62.2 Å². The van der Waals surface area contributed by atoms with E-state index in [9.17, 15) is 4.79 Å². The Bertz CT molecular complexity index is 1380. The number of H-pyrrole nitrogens is 1. The average Bonchev–Trinajstić information content (AvgIpc) is 3.72. The lowest BCUT2D eigenvalue weighted by Crippen LogP contribution is -2.34. The van der Waals surface area contributed by atoms with Crippen LogP contribution in [-0.4, -0.2) is 48.8 Å². The normalized spacial score (nSPS) is 17.9. The van der Waals surface area contributed by atoms with E-state index in [2.05, 4.69) is 35.9 Å². The first-order valence-electron chi connectivity index (χ1n) is 12.8. The van der Waals surface area contributed by atoms with Crippen LogP contribution in [0.15, 0.2) is 47.1 Å². The summed E-state index contributed by atoms with van der Waals surface area (Å²) in [5.41, 5.74) is 2.68. The van der Waals surface area contributed by atoms with Crippen molar-refractivity contribution < 1.29 is 9.32 Å². The van der Waals surface area contributed by atoms with Gasteiger partial charge in [0.25, 0.3) is 5.91 Å². The minimum absolute atomic E-state index is 0.0985. The van der Waals surface area contributed by atoms with Crippen LogP contribution in [0, 0.1) is 6.92 Å². The second kappa shape index (κ2) is 10.00. The third kappa shape index (κ3) is 5.02. The summed E-state index contributed by atoms with van der Waals surface area (Å²) in [6.45, 7) is 2.66.